The first kappa shape index (κ1) is 24.6. The molecule has 5 rings (SSSR count). The molecular weight excluding hydrogens is 482 g/mol. The van der Waals surface area contributed by atoms with Gasteiger partial charge in [0.05, 0.1) is 18.0 Å². The Balaban J connectivity index is 1.20. The summed E-state index contributed by atoms with van der Waals surface area (Å²) < 4.78 is 38.3. The minimum atomic E-state index is -3.61. The average molecular weight is 514 g/mol. The molecule has 1 unspecified atom stereocenters. The number of hydrogen-bond acceptors (Lipinski definition) is 6. The monoisotopic (exact) mass is 513 g/mol. The van der Waals surface area contributed by atoms with Crippen LogP contribution in [0.4, 0.5) is 4.79 Å². The Morgan fingerprint density at radius 3 is 2.50 bits per heavy atom. The zero-order chi connectivity index (χ0) is 25.3. The van der Waals surface area contributed by atoms with Gasteiger partial charge in [0, 0.05) is 32.2 Å². The lowest BCUT2D eigenvalue weighted by molar-refractivity contribution is -0.131. The summed E-state index contributed by atoms with van der Waals surface area (Å²) in [5, 5.41) is 0. The van der Waals surface area contributed by atoms with Gasteiger partial charge in [-0.05, 0) is 42.4 Å². The zero-order valence-electron chi connectivity index (χ0n) is 20.3. The van der Waals surface area contributed by atoms with Crippen LogP contribution in [0.25, 0.3) is 0 Å². The summed E-state index contributed by atoms with van der Waals surface area (Å²) in [6.07, 6.45) is 1.75. The summed E-state index contributed by atoms with van der Waals surface area (Å²) in [7, 11) is -2.10. The summed E-state index contributed by atoms with van der Waals surface area (Å²) >= 11 is 0. The van der Waals surface area contributed by atoms with Gasteiger partial charge in [-0.2, -0.15) is 4.31 Å². The summed E-state index contributed by atoms with van der Waals surface area (Å²) in [6.45, 7) is 2.23. The number of amides is 2. The first-order valence-electron chi connectivity index (χ1n) is 12.2. The van der Waals surface area contributed by atoms with E-state index in [0.717, 1.165) is 12.0 Å². The topological polar surface area (TPSA) is 96.5 Å². The fourth-order valence-corrected chi connectivity index (χ4v) is 6.97. The summed E-state index contributed by atoms with van der Waals surface area (Å²) in [5.74, 6) is 0.406. The minimum Gasteiger partial charge on any atom is -0.497 e. The summed E-state index contributed by atoms with van der Waals surface area (Å²) in [6, 6.07) is 15.8. The van der Waals surface area contributed by atoms with E-state index >= 15 is 0 Å². The van der Waals surface area contributed by atoms with Crippen molar-refractivity contribution in [3.63, 3.8) is 0 Å². The minimum absolute atomic E-state index is 0.0230. The van der Waals surface area contributed by atoms with E-state index in [4.69, 9.17) is 9.47 Å². The molecule has 9 nitrogen and oxygen atoms in total. The number of rotatable bonds is 6. The third-order valence-corrected chi connectivity index (χ3v) is 9.61. The number of methoxy groups -OCH3 is 1. The molecular formula is C26H31N3O6S. The molecule has 10 heteroatoms. The molecule has 0 radical (unpaired) electrons. The predicted molar refractivity (Wildman–Crippen MR) is 132 cm³/mol. The van der Waals surface area contributed by atoms with Gasteiger partial charge in [0.2, 0.25) is 15.9 Å². The molecule has 2 amide bonds. The lowest BCUT2D eigenvalue weighted by Gasteiger charge is -2.38. The van der Waals surface area contributed by atoms with Crippen LogP contribution < -0.4 is 4.74 Å². The maximum Gasteiger partial charge on any atom is 0.410 e. The van der Waals surface area contributed by atoms with Crippen LogP contribution in [0.2, 0.25) is 0 Å². The first-order valence-corrected chi connectivity index (χ1v) is 13.7. The van der Waals surface area contributed by atoms with Crippen molar-refractivity contribution in [1.82, 2.24) is 14.1 Å². The quantitative estimate of drug-likeness (QED) is 0.589. The molecule has 2 aromatic carbocycles. The number of carbonyl (C=O) groups excluding carboxylic acids is 2. The van der Waals surface area contributed by atoms with Gasteiger partial charge < -0.3 is 14.4 Å². The lowest BCUT2D eigenvalue weighted by atomic mass is 9.78. The van der Waals surface area contributed by atoms with Crippen molar-refractivity contribution in [3.8, 4) is 5.75 Å². The van der Waals surface area contributed by atoms with Crippen LogP contribution in [0.3, 0.4) is 0 Å². The SMILES string of the molecule is COc1cccc(S(=O)(=O)N2CCC3(CCN(C(=O)CN4C(=O)OCC4c4ccccc4)C3)CC2)c1. The normalized spacial score (nSPS) is 22.1. The van der Waals surface area contributed by atoms with Crippen molar-refractivity contribution in [3.05, 3.63) is 60.2 Å². The third kappa shape index (κ3) is 4.67. The number of benzene rings is 2. The Hall–Kier alpha value is -3.11. The van der Waals surface area contributed by atoms with Gasteiger partial charge >= 0.3 is 6.09 Å². The molecule has 0 bridgehead atoms. The highest BCUT2D eigenvalue weighted by molar-refractivity contribution is 7.89. The van der Waals surface area contributed by atoms with E-state index in [1.165, 1.54) is 16.3 Å². The van der Waals surface area contributed by atoms with Gasteiger partial charge in [0.25, 0.3) is 0 Å². The second-order valence-electron chi connectivity index (χ2n) is 9.78. The molecule has 192 valence electrons. The van der Waals surface area contributed by atoms with Gasteiger partial charge in [0.1, 0.15) is 18.9 Å². The van der Waals surface area contributed by atoms with Crippen molar-refractivity contribution >= 4 is 22.0 Å². The number of piperidine rings is 1. The predicted octanol–water partition coefficient (Wildman–Crippen LogP) is 2.89. The first-order chi connectivity index (χ1) is 17.3. The van der Waals surface area contributed by atoms with Crippen LogP contribution in [0.1, 0.15) is 30.9 Å². The number of ether oxygens (including phenoxy) is 2. The van der Waals surface area contributed by atoms with Crippen LogP contribution in [0.5, 0.6) is 5.75 Å². The lowest BCUT2D eigenvalue weighted by Crippen LogP contribution is -2.45. The summed E-state index contributed by atoms with van der Waals surface area (Å²) in [5.41, 5.74) is 0.846. The van der Waals surface area contributed by atoms with E-state index in [0.29, 0.717) is 44.8 Å². The van der Waals surface area contributed by atoms with Crippen LogP contribution in [0.15, 0.2) is 59.5 Å². The molecule has 0 aromatic heterocycles. The molecule has 0 aliphatic carbocycles. The van der Waals surface area contributed by atoms with Gasteiger partial charge in [0.15, 0.2) is 0 Å². The summed E-state index contributed by atoms with van der Waals surface area (Å²) in [4.78, 5) is 29.1. The molecule has 3 aliphatic rings. The Labute approximate surface area is 211 Å². The molecule has 1 atom stereocenters. The fraction of sp³-hybridized carbons (Fsp3) is 0.462. The van der Waals surface area contributed by atoms with Crippen molar-refractivity contribution in [2.45, 2.75) is 30.2 Å². The van der Waals surface area contributed by atoms with E-state index in [1.54, 1.807) is 24.3 Å². The molecule has 0 N–H and O–H groups in total. The number of sulfonamides is 1. The molecule has 36 heavy (non-hydrogen) atoms. The largest absolute Gasteiger partial charge is 0.497 e. The molecule has 2 aromatic rings. The van der Waals surface area contributed by atoms with Gasteiger partial charge in [-0.3, -0.25) is 9.69 Å². The number of hydrogen-bond donors (Lipinski definition) is 0. The van der Waals surface area contributed by atoms with Crippen LogP contribution in [0, 0.1) is 5.41 Å². The molecule has 3 saturated heterocycles. The van der Waals surface area contributed by atoms with E-state index in [-0.39, 0.29) is 35.4 Å². The van der Waals surface area contributed by atoms with Crippen LogP contribution >= 0.6 is 0 Å². The van der Waals surface area contributed by atoms with Crippen molar-refractivity contribution in [2.75, 3.05) is 46.4 Å². The van der Waals surface area contributed by atoms with E-state index in [1.807, 2.05) is 35.2 Å². The van der Waals surface area contributed by atoms with Gasteiger partial charge in [-0.25, -0.2) is 13.2 Å². The fourth-order valence-electron chi connectivity index (χ4n) is 5.49. The Bertz CT molecular complexity index is 1230. The Morgan fingerprint density at radius 2 is 1.78 bits per heavy atom. The number of likely N-dealkylation sites (tertiary alicyclic amines) is 1. The van der Waals surface area contributed by atoms with Crippen LogP contribution in [-0.2, 0) is 19.6 Å². The van der Waals surface area contributed by atoms with Crippen molar-refractivity contribution in [2.24, 2.45) is 5.41 Å². The highest BCUT2D eigenvalue weighted by atomic mass is 32.2. The average Bonchev–Trinajstić information content (AvgIpc) is 3.48. The third-order valence-electron chi connectivity index (χ3n) is 7.72. The number of cyclic esters (lactones) is 1. The smallest absolute Gasteiger partial charge is 0.410 e. The highest BCUT2D eigenvalue weighted by Crippen LogP contribution is 2.42. The highest BCUT2D eigenvalue weighted by Gasteiger charge is 2.45. The van der Waals surface area contributed by atoms with Gasteiger partial charge in [-0.1, -0.05) is 36.4 Å². The molecule has 0 saturated carbocycles. The maximum absolute atomic E-state index is 13.2. The molecule has 1 spiro atoms. The van der Waals surface area contributed by atoms with E-state index in [9.17, 15) is 18.0 Å². The zero-order valence-corrected chi connectivity index (χ0v) is 21.2. The van der Waals surface area contributed by atoms with Crippen molar-refractivity contribution < 1.29 is 27.5 Å². The Kier molecular flexibility index (Phi) is 6.65. The van der Waals surface area contributed by atoms with Gasteiger partial charge in [-0.15, -0.1) is 0 Å². The number of nitrogens with zero attached hydrogens (tertiary/aromatic N) is 3. The molecule has 3 aliphatic heterocycles. The van der Waals surface area contributed by atoms with Crippen molar-refractivity contribution in [1.29, 1.82) is 0 Å². The number of carbonyl (C=O) groups is 2. The van der Waals surface area contributed by atoms with E-state index in [2.05, 4.69) is 0 Å². The molecule has 3 fully saturated rings. The molecule has 3 heterocycles. The second-order valence-corrected chi connectivity index (χ2v) is 11.7. The van der Waals surface area contributed by atoms with Crippen LogP contribution in [-0.4, -0.2) is 81.0 Å². The Morgan fingerprint density at radius 1 is 1.06 bits per heavy atom. The second kappa shape index (κ2) is 9.74. The maximum atomic E-state index is 13.2. The standard InChI is InChI=1S/C26H31N3O6S/c1-34-21-8-5-9-22(16-21)36(32,33)28-14-11-26(12-15-28)10-13-27(19-26)24(30)17-29-23(18-35-25(29)31)20-6-3-2-4-7-20/h2-9,16,23H,10-15,17-19H2,1H3. The van der Waals surface area contributed by atoms with E-state index < -0.39 is 16.1 Å².